The summed E-state index contributed by atoms with van der Waals surface area (Å²) in [5, 5.41) is 9.20. The van der Waals surface area contributed by atoms with Gasteiger partial charge >= 0.3 is 5.97 Å². The number of carboxylic acids is 1. The first kappa shape index (κ1) is 16.9. The van der Waals surface area contributed by atoms with Gasteiger partial charge in [-0.05, 0) is 48.9 Å². The van der Waals surface area contributed by atoms with Crippen LogP contribution in [0.25, 0.3) is 11.3 Å². The Bertz CT molecular complexity index is 979. The van der Waals surface area contributed by atoms with Crippen molar-refractivity contribution >= 4 is 29.5 Å². The highest BCUT2D eigenvalue weighted by Crippen LogP contribution is 2.25. The second-order valence-corrected chi connectivity index (χ2v) is 5.80. The summed E-state index contributed by atoms with van der Waals surface area (Å²) in [6.07, 6.45) is 1.49. The lowest BCUT2D eigenvalue weighted by Crippen LogP contribution is -1.99. The first-order chi connectivity index (χ1) is 11.9. The predicted molar refractivity (Wildman–Crippen MR) is 94.5 cm³/mol. The zero-order valence-corrected chi connectivity index (χ0v) is 13.9. The smallest absolute Gasteiger partial charge is 0.335 e. The van der Waals surface area contributed by atoms with Gasteiger partial charge in [0.05, 0.1) is 22.5 Å². The van der Waals surface area contributed by atoms with E-state index < -0.39 is 11.8 Å². The molecule has 0 spiro atoms. The lowest BCUT2D eigenvalue weighted by molar-refractivity contribution is 0.0696. The molecule has 0 bridgehead atoms. The summed E-state index contributed by atoms with van der Waals surface area (Å²) in [4.78, 5) is 15.4. The Balaban J connectivity index is 1.85. The number of aromatic carboxylic acids is 1. The van der Waals surface area contributed by atoms with Gasteiger partial charge in [-0.1, -0.05) is 23.7 Å². The van der Waals surface area contributed by atoms with Crippen LogP contribution in [0.1, 0.15) is 21.7 Å². The number of carboxylic acid groups (broad SMARTS) is 1. The molecule has 0 aliphatic carbocycles. The number of rotatable bonds is 4. The SMILES string of the molecule is Cc1ccc(-c2ccc(C=Nc3ccc(F)c(Cl)c3)o2)cc1C(=O)O. The van der Waals surface area contributed by atoms with Crippen LogP contribution in [0.15, 0.2) is 57.9 Å². The van der Waals surface area contributed by atoms with E-state index in [0.29, 0.717) is 28.3 Å². The summed E-state index contributed by atoms with van der Waals surface area (Å²) < 4.78 is 18.8. The van der Waals surface area contributed by atoms with Crippen LogP contribution in [0.2, 0.25) is 5.02 Å². The fourth-order valence-corrected chi connectivity index (χ4v) is 2.46. The first-order valence-electron chi connectivity index (χ1n) is 7.37. The van der Waals surface area contributed by atoms with Crippen LogP contribution in [0.3, 0.4) is 0 Å². The molecule has 0 radical (unpaired) electrons. The Morgan fingerprint density at radius 1 is 1.20 bits per heavy atom. The van der Waals surface area contributed by atoms with E-state index in [4.69, 9.17) is 16.0 Å². The molecule has 2 aromatic carbocycles. The average Bonchev–Trinajstić information content (AvgIpc) is 3.05. The van der Waals surface area contributed by atoms with Crippen LogP contribution < -0.4 is 0 Å². The first-order valence-corrected chi connectivity index (χ1v) is 7.75. The topological polar surface area (TPSA) is 62.8 Å². The summed E-state index contributed by atoms with van der Waals surface area (Å²) in [5.74, 6) is -0.482. The molecule has 3 rings (SSSR count). The number of carbonyl (C=O) groups is 1. The third-order valence-corrected chi connectivity index (χ3v) is 3.91. The summed E-state index contributed by atoms with van der Waals surface area (Å²) in [6, 6.07) is 12.7. The van der Waals surface area contributed by atoms with E-state index in [0.717, 1.165) is 0 Å². The minimum Gasteiger partial charge on any atom is -0.478 e. The molecule has 4 nitrogen and oxygen atoms in total. The molecule has 1 heterocycles. The van der Waals surface area contributed by atoms with E-state index in [1.165, 1.54) is 24.4 Å². The third-order valence-electron chi connectivity index (χ3n) is 3.62. The third kappa shape index (κ3) is 3.78. The molecule has 0 amide bonds. The molecule has 0 saturated heterocycles. The van der Waals surface area contributed by atoms with Gasteiger partial charge in [0.2, 0.25) is 0 Å². The molecular weight excluding hydrogens is 345 g/mol. The zero-order valence-electron chi connectivity index (χ0n) is 13.2. The van der Waals surface area contributed by atoms with Gasteiger partial charge in [-0.3, -0.25) is 4.99 Å². The largest absolute Gasteiger partial charge is 0.478 e. The minimum absolute atomic E-state index is 0.00404. The number of aliphatic imine (C=N–C) groups is 1. The van der Waals surface area contributed by atoms with Gasteiger partial charge in [0.1, 0.15) is 17.3 Å². The van der Waals surface area contributed by atoms with Crippen LogP contribution in [-0.2, 0) is 0 Å². The number of nitrogens with zero attached hydrogens (tertiary/aromatic N) is 1. The lowest BCUT2D eigenvalue weighted by atomic mass is 10.0. The minimum atomic E-state index is -0.985. The highest BCUT2D eigenvalue weighted by Gasteiger charge is 2.11. The fraction of sp³-hybridized carbons (Fsp3) is 0.0526. The second kappa shape index (κ2) is 6.91. The van der Waals surface area contributed by atoms with Crippen LogP contribution in [0.5, 0.6) is 0 Å². The Hall–Kier alpha value is -2.92. The number of furan rings is 1. The second-order valence-electron chi connectivity index (χ2n) is 5.39. The molecule has 3 aromatic rings. The number of halogens is 2. The predicted octanol–water partition coefficient (Wildman–Crippen LogP) is 5.50. The summed E-state index contributed by atoms with van der Waals surface area (Å²) >= 11 is 5.71. The summed E-state index contributed by atoms with van der Waals surface area (Å²) in [6.45, 7) is 1.74. The molecule has 0 atom stereocenters. The van der Waals surface area contributed by atoms with Crippen LogP contribution >= 0.6 is 11.6 Å². The van der Waals surface area contributed by atoms with E-state index in [1.807, 2.05) is 0 Å². The van der Waals surface area contributed by atoms with Crippen LogP contribution in [0, 0.1) is 12.7 Å². The highest BCUT2D eigenvalue weighted by atomic mass is 35.5. The quantitative estimate of drug-likeness (QED) is 0.627. The van der Waals surface area contributed by atoms with Crippen LogP contribution in [-0.4, -0.2) is 17.3 Å². The molecule has 1 N–H and O–H groups in total. The van der Waals surface area contributed by atoms with Crippen molar-refractivity contribution in [2.75, 3.05) is 0 Å². The molecule has 25 heavy (non-hydrogen) atoms. The molecule has 1 aromatic heterocycles. The van der Waals surface area contributed by atoms with Gasteiger partial charge in [0.15, 0.2) is 0 Å². The summed E-state index contributed by atoms with van der Waals surface area (Å²) in [7, 11) is 0. The van der Waals surface area contributed by atoms with E-state index >= 15 is 0 Å². The molecule has 0 unspecified atom stereocenters. The molecule has 6 heteroatoms. The number of benzene rings is 2. The Morgan fingerprint density at radius 2 is 2.00 bits per heavy atom. The van der Waals surface area contributed by atoms with Crippen molar-refractivity contribution in [1.82, 2.24) is 0 Å². The maximum Gasteiger partial charge on any atom is 0.335 e. The molecule has 0 fully saturated rings. The van der Waals surface area contributed by atoms with Gasteiger partial charge in [0.25, 0.3) is 0 Å². The van der Waals surface area contributed by atoms with Crippen molar-refractivity contribution in [1.29, 1.82) is 0 Å². The molecule has 126 valence electrons. The maximum absolute atomic E-state index is 13.1. The Morgan fingerprint density at radius 3 is 2.72 bits per heavy atom. The fourth-order valence-electron chi connectivity index (χ4n) is 2.29. The zero-order chi connectivity index (χ0) is 18.0. The van der Waals surface area contributed by atoms with Gasteiger partial charge in [-0.15, -0.1) is 0 Å². The van der Waals surface area contributed by atoms with Gasteiger partial charge < -0.3 is 9.52 Å². The van der Waals surface area contributed by atoms with E-state index in [-0.39, 0.29) is 10.6 Å². The molecule has 0 aliphatic rings. The number of hydrogen-bond acceptors (Lipinski definition) is 3. The van der Waals surface area contributed by atoms with Crippen molar-refractivity contribution in [3.05, 3.63) is 76.3 Å². The van der Waals surface area contributed by atoms with Gasteiger partial charge in [0, 0.05) is 5.56 Å². The maximum atomic E-state index is 13.1. The average molecular weight is 358 g/mol. The van der Waals surface area contributed by atoms with Crippen molar-refractivity contribution in [3.8, 4) is 11.3 Å². The standard InChI is InChI=1S/C19H13ClFNO3/c1-11-2-3-12(8-15(11)19(23)24)18-7-5-14(25-18)10-22-13-4-6-17(21)16(20)9-13/h2-10H,1H3,(H,23,24). The monoisotopic (exact) mass is 357 g/mol. The van der Waals surface area contributed by atoms with Gasteiger partial charge in [-0.2, -0.15) is 0 Å². The lowest BCUT2D eigenvalue weighted by Gasteiger charge is -2.03. The molecular formula is C19H13ClFNO3. The van der Waals surface area contributed by atoms with Crippen LogP contribution in [0.4, 0.5) is 10.1 Å². The number of hydrogen-bond donors (Lipinski definition) is 1. The molecule has 0 aliphatic heterocycles. The Kier molecular flexibility index (Phi) is 4.67. The van der Waals surface area contributed by atoms with Crippen molar-refractivity contribution in [2.45, 2.75) is 6.92 Å². The van der Waals surface area contributed by atoms with E-state index in [9.17, 15) is 14.3 Å². The van der Waals surface area contributed by atoms with Gasteiger partial charge in [-0.25, -0.2) is 9.18 Å². The van der Waals surface area contributed by atoms with Crippen molar-refractivity contribution in [3.63, 3.8) is 0 Å². The van der Waals surface area contributed by atoms with E-state index in [1.54, 1.807) is 37.3 Å². The number of aryl methyl sites for hydroxylation is 1. The van der Waals surface area contributed by atoms with Crippen molar-refractivity contribution < 1.29 is 18.7 Å². The van der Waals surface area contributed by atoms with E-state index in [2.05, 4.69) is 4.99 Å². The normalized spacial score (nSPS) is 11.2. The molecule has 0 saturated carbocycles. The summed E-state index contributed by atoms with van der Waals surface area (Å²) in [5.41, 5.74) is 2.06. The van der Waals surface area contributed by atoms with Crippen molar-refractivity contribution in [2.24, 2.45) is 4.99 Å². The highest BCUT2D eigenvalue weighted by molar-refractivity contribution is 6.31. The Labute approximate surface area is 148 Å².